The molecule has 6 heteroatoms. The first-order valence-corrected chi connectivity index (χ1v) is 8.29. The zero-order valence-corrected chi connectivity index (χ0v) is 14.9. The van der Waals surface area contributed by atoms with E-state index in [1.807, 2.05) is 32.9 Å². The van der Waals surface area contributed by atoms with Crippen LogP contribution >= 0.6 is 15.9 Å². The summed E-state index contributed by atoms with van der Waals surface area (Å²) in [5.41, 5.74) is 0.643. The zero-order valence-electron chi connectivity index (χ0n) is 13.3. The van der Waals surface area contributed by atoms with Crippen molar-refractivity contribution in [2.45, 2.75) is 39.4 Å². The van der Waals surface area contributed by atoms with Crippen LogP contribution in [0.3, 0.4) is 0 Å². The summed E-state index contributed by atoms with van der Waals surface area (Å²) in [5, 5.41) is 0. The first-order chi connectivity index (χ1) is 10.3. The molecule has 0 radical (unpaired) electrons. The molecule has 0 unspecified atom stereocenters. The molecule has 0 aromatic carbocycles. The summed E-state index contributed by atoms with van der Waals surface area (Å²) in [7, 11) is 0. The quantitative estimate of drug-likeness (QED) is 0.759. The lowest BCUT2D eigenvalue weighted by Crippen LogP contribution is -2.35. The van der Waals surface area contributed by atoms with E-state index >= 15 is 0 Å². The number of nitrogens with zero attached hydrogens (tertiary/aromatic N) is 2. The molecule has 0 saturated carbocycles. The van der Waals surface area contributed by atoms with Crippen molar-refractivity contribution in [1.29, 1.82) is 0 Å². The molecule has 0 N–H and O–H groups in total. The Morgan fingerprint density at radius 1 is 1.50 bits per heavy atom. The lowest BCUT2D eigenvalue weighted by molar-refractivity contribution is 0.0271. The Hall–Kier alpha value is -1.14. The van der Waals surface area contributed by atoms with Gasteiger partial charge in [-0.3, -0.25) is 0 Å². The van der Waals surface area contributed by atoms with Gasteiger partial charge in [-0.1, -0.05) is 0 Å². The van der Waals surface area contributed by atoms with Crippen molar-refractivity contribution < 1.29 is 14.3 Å². The number of hydrogen-bond donors (Lipinski definition) is 0. The van der Waals surface area contributed by atoms with Gasteiger partial charge in [-0.2, -0.15) is 0 Å². The Morgan fingerprint density at radius 3 is 2.95 bits per heavy atom. The van der Waals surface area contributed by atoms with Crippen molar-refractivity contribution in [3.05, 3.63) is 28.5 Å². The number of likely N-dealkylation sites (tertiary alicyclic amines) is 1. The Bertz CT molecular complexity index is 516. The van der Waals surface area contributed by atoms with Crippen LogP contribution in [0.1, 0.15) is 32.8 Å². The number of pyridine rings is 1. The van der Waals surface area contributed by atoms with Crippen LogP contribution in [0.4, 0.5) is 4.79 Å². The molecular weight excluding hydrogens is 348 g/mol. The molecule has 122 valence electrons. The summed E-state index contributed by atoms with van der Waals surface area (Å²) in [6.45, 7) is 8.30. The van der Waals surface area contributed by atoms with E-state index in [0.29, 0.717) is 25.7 Å². The lowest BCUT2D eigenvalue weighted by Gasteiger charge is -2.24. The van der Waals surface area contributed by atoms with Crippen molar-refractivity contribution in [3.8, 4) is 0 Å². The summed E-state index contributed by atoms with van der Waals surface area (Å²) in [5.74, 6) is 0.373. The van der Waals surface area contributed by atoms with Gasteiger partial charge < -0.3 is 14.4 Å². The monoisotopic (exact) mass is 370 g/mol. The van der Waals surface area contributed by atoms with Crippen molar-refractivity contribution in [2.75, 3.05) is 19.7 Å². The molecule has 1 atom stereocenters. The molecule has 0 aliphatic carbocycles. The Labute approximate surface area is 140 Å². The minimum absolute atomic E-state index is 0.229. The molecule has 1 amide bonds. The van der Waals surface area contributed by atoms with E-state index in [-0.39, 0.29) is 6.09 Å². The highest BCUT2D eigenvalue weighted by atomic mass is 79.9. The van der Waals surface area contributed by atoms with Gasteiger partial charge in [0, 0.05) is 25.2 Å². The molecule has 2 heterocycles. The Kier molecular flexibility index (Phi) is 5.81. The molecule has 1 saturated heterocycles. The van der Waals surface area contributed by atoms with Gasteiger partial charge in [0.2, 0.25) is 0 Å². The molecule has 0 spiro atoms. The van der Waals surface area contributed by atoms with E-state index in [0.717, 1.165) is 23.1 Å². The van der Waals surface area contributed by atoms with Crippen molar-refractivity contribution >= 4 is 22.0 Å². The summed E-state index contributed by atoms with van der Waals surface area (Å²) >= 11 is 3.34. The topological polar surface area (TPSA) is 51.7 Å². The summed E-state index contributed by atoms with van der Waals surface area (Å²) in [4.78, 5) is 17.8. The van der Waals surface area contributed by atoms with Crippen LogP contribution in [-0.2, 0) is 16.1 Å². The molecule has 0 bridgehead atoms. The van der Waals surface area contributed by atoms with Crippen LogP contribution in [0.5, 0.6) is 0 Å². The second-order valence-corrected chi connectivity index (χ2v) is 7.40. The average Bonchev–Trinajstić information content (AvgIpc) is 2.86. The van der Waals surface area contributed by atoms with Gasteiger partial charge in [-0.15, -0.1) is 0 Å². The van der Waals surface area contributed by atoms with E-state index in [9.17, 15) is 4.79 Å². The average molecular weight is 371 g/mol. The van der Waals surface area contributed by atoms with E-state index in [2.05, 4.69) is 20.9 Å². The van der Waals surface area contributed by atoms with Crippen molar-refractivity contribution in [2.24, 2.45) is 5.92 Å². The number of halogens is 1. The van der Waals surface area contributed by atoms with Crippen molar-refractivity contribution in [1.82, 2.24) is 9.88 Å². The van der Waals surface area contributed by atoms with Crippen LogP contribution in [0, 0.1) is 5.92 Å². The minimum Gasteiger partial charge on any atom is -0.444 e. The fraction of sp³-hybridized carbons (Fsp3) is 0.625. The number of ether oxygens (including phenoxy) is 2. The number of carbonyl (C=O) groups is 1. The second kappa shape index (κ2) is 7.42. The first kappa shape index (κ1) is 17.2. The fourth-order valence-corrected chi connectivity index (χ4v) is 2.75. The molecular formula is C16H23BrN2O3. The van der Waals surface area contributed by atoms with Gasteiger partial charge in [-0.25, -0.2) is 9.78 Å². The summed E-state index contributed by atoms with van der Waals surface area (Å²) < 4.78 is 12.0. The maximum absolute atomic E-state index is 12.0. The van der Waals surface area contributed by atoms with Gasteiger partial charge >= 0.3 is 6.09 Å². The fourth-order valence-electron chi connectivity index (χ4n) is 2.34. The highest BCUT2D eigenvalue weighted by molar-refractivity contribution is 9.10. The molecule has 1 aliphatic rings. The predicted octanol–water partition coefficient (Wildman–Crippen LogP) is 3.62. The van der Waals surface area contributed by atoms with Crippen LogP contribution in [-0.4, -0.2) is 41.3 Å². The number of aromatic nitrogens is 1. The maximum atomic E-state index is 12.0. The standard InChI is InChI=1S/C16H23BrN2O3/c1-16(2,3)22-15(20)19-7-5-13(9-19)11-21-10-12-4-6-18-14(17)8-12/h4,6,8,13H,5,7,9-11H2,1-3H3/t13-/m1/s1. The van der Waals surface area contributed by atoms with E-state index < -0.39 is 5.60 Å². The predicted molar refractivity (Wildman–Crippen MR) is 87.5 cm³/mol. The van der Waals surface area contributed by atoms with E-state index in [4.69, 9.17) is 9.47 Å². The first-order valence-electron chi connectivity index (χ1n) is 7.49. The SMILES string of the molecule is CC(C)(C)OC(=O)N1CC[C@@H](COCc2ccnc(Br)c2)C1. The smallest absolute Gasteiger partial charge is 0.410 e. The molecule has 22 heavy (non-hydrogen) atoms. The number of amides is 1. The van der Waals surface area contributed by atoms with Gasteiger partial charge in [0.25, 0.3) is 0 Å². The van der Waals surface area contributed by atoms with Crippen LogP contribution in [0.25, 0.3) is 0 Å². The molecule has 1 fully saturated rings. The molecule has 1 aromatic heterocycles. The van der Waals surface area contributed by atoms with Gasteiger partial charge in [-0.05, 0) is 60.8 Å². The third-order valence-electron chi connectivity index (χ3n) is 3.35. The van der Waals surface area contributed by atoms with Gasteiger partial charge in [0.1, 0.15) is 10.2 Å². The van der Waals surface area contributed by atoms with E-state index in [1.54, 1.807) is 11.1 Å². The lowest BCUT2D eigenvalue weighted by atomic mass is 10.1. The third kappa shape index (κ3) is 5.57. The molecule has 2 rings (SSSR count). The number of rotatable bonds is 4. The van der Waals surface area contributed by atoms with Crippen molar-refractivity contribution in [3.63, 3.8) is 0 Å². The van der Waals surface area contributed by atoms with Crippen LogP contribution < -0.4 is 0 Å². The number of hydrogen-bond acceptors (Lipinski definition) is 4. The second-order valence-electron chi connectivity index (χ2n) is 6.58. The minimum atomic E-state index is -0.444. The number of carbonyl (C=O) groups excluding carboxylic acids is 1. The Morgan fingerprint density at radius 2 is 2.27 bits per heavy atom. The highest BCUT2D eigenvalue weighted by Gasteiger charge is 2.29. The molecule has 1 aromatic rings. The summed E-state index contributed by atoms with van der Waals surface area (Å²) in [6, 6.07) is 3.88. The Balaban J connectivity index is 1.71. The molecule has 5 nitrogen and oxygen atoms in total. The third-order valence-corrected chi connectivity index (χ3v) is 3.78. The normalized spacial score (nSPS) is 18.5. The molecule has 1 aliphatic heterocycles. The largest absolute Gasteiger partial charge is 0.444 e. The zero-order chi connectivity index (χ0) is 16.2. The van der Waals surface area contributed by atoms with Crippen LogP contribution in [0.15, 0.2) is 22.9 Å². The summed E-state index contributed by atoms with van der Waals surface area (Å²) in [6.07, 6.45) is 2.48. The highest BCUT2D eigenvalue weighted by Crippen LogP contribution is 2.20. The van der Waals surface area contributed by atoms with Crippen LogP contribution in [0.2, 0.25) is 0 Å². The van der Waals surface area contributed by atoms with E-state index in [1.165, 1.54) is 0 Å². The maximum Gasteiger partial charge on any atom is 0.410 e. The van der Waals surface area contributed by atoms with Gasteiger partial charge in [0.15, 0.2) is 0 Å². The van der Waals surface area contributed by atoms with Gasteiger partial charge in [0.05, 0.1) is 13.2 Å².